The first-order valence-corrected chi connectivity index (χ1v) is 17.3. The number of hydrogen-bond donors (Lipinski definition) is 1. The highest BCUT2D eigenvalue weighted by Crippen LogP contribution is 2.60. The summed E-state index contributed by atoms with van der Waals surface area (Å²) >= 11 is 0. The minimum Gasteiger partial charge on any atom is -0.450 e. The number of nitrogens with zero attached hydrogens (tertiary/aromatic N) is 4. The first-order chi connectivity index (χ1) is 24.9. The van der Waals surface area contributed by atoms with Gasteiger partial charge in [0.1, 0.15) is 11.3 Å². The van der Waals surface area contributed by atoms with Crippen LogP contribution in [-0.4, -0.2) is 32.3 Å². The van der Waals surface area contributed by atoms with Crippen molar-refractivity contribution in [3.05, 3.63) is 121 Å². The van der Waals surface area contributed by atoms with E-state index in [4.69, 9.17) is 4.74 Å². The number of barbiturate groups is 1. The fourth-order valence-corrected chi connectivity index (χ4v) is 9.45. The topological polar surface area (TPSA) is 167 Å². The average Bonchev–Trinajstić information content (AvgIpc) is 3.38. The highest BCUT2D eigenvalue weighted by Gasteiger charge is 2.51. The first kappa shape index (κ1) is 33.1. The van der Waals surface area contributed by atoms with E-state index in [2.05, 4.69) is 17.4 Å². The summed E-state index contributed by atoms with van der Waals surface area (Å²) < 4.78 is 7.61. The van der Waals surface area contributed by atoms with Gasteiger partial charge in [-0.15, -0.1) is 0 Å². The predicted molar refractivity (Wildman–Crippen MR) is 190 cm³/mol. The molecule has 0 atom stereocenters. The Balaban J connectivity index is 1.03. The normalized spacial score (nSPS) is 24.3. The Bertz CT molecular complexity index is 2180. The second-order valence-electron chi connectivity index (χ2n) is 14.6. The number of rotatable bonds is 8. The third-order valence-corrected chi connectivity index (χ3v) is 11.3. The van der Waals surface area contributed by atoms with E-state index in [0.717, 1.165) is 40.5 Å². The van der Waals surface area contributed by atoms with Crippen molar-refractivity contribution in [3.8, 4) is 17.2 Å². The third kappa shape index (κ3) is 5.62. The van der Waals surface area contributed by atoms with Gasteiger partial charge in [0.2, 0.25) is 5.75 Å². The number of anilines is 1. The van der Waals surface area contributed by atoms with Crippen LogP contribution in [0.4, 0.5) is 21.9 Å². The van der Waals surface area contributed by atoms with Crippen LogP contribution in [0, 0.1) is 51.8 Å². The summed E-state index contributed by atoms with van der Waals surface area (Å²) in [7, 11) is 0. The highest BCUT2D eigenvalue weighted by molar-refractivity contribution is 6.39. The molecule has 3 aromatic carbocycles. The molecule has 5 aliphatic rings. The summed E-state index contributed by atoms with van der Waals surface area (Å²) in [5.41, 5.74) is 3.54. The number of amides is 4. The number of ether oxygens (including phenoxy) is 1. The van der Waals surface area contributed by atoms with Crippen LogP contribution in [0.3, 0.4) is 0 Å². The molecule has 4 aromatic rings. The van der Waals surface area contributed by atoms with Gasteiger partial charge >= 0.3 is 11.7 Å². The van der Waals surface area contributed by atoms with Crippen LogP contribution < -0.4 is 15.0 Å². The summed E-state index contributed by atoms with van der Waals surface area (Å²) in [6.07, 6.45) is 9.11. The van der Waals surface area contributed by atoms with Gasteiger partial charge in [-0.25, -0.2) is 9.69 Å². The molecule has 1 N–H and O–H groups in total. The standard InChI is InChI=1S/C39H35N5O8/c1-22-13-27(23(2)41(22)29-7-10-32(11-8-29)52-35-12-9-31(43(48)49)18-34(35)44(50)51)17-33-36(45)40-38(47)42(37(33)46)30-5-3-28(4-6-30)39-19-24-14-25(20-39)16-26(15-24)21-39/h3-13,17-18,24-26H,14-16,19-21H2,1-2H3,(H,40,45,47)/b33-17+. The lowest BCUT2D eigenvalue weighted by molar-refractivity contribution is -0.394. The second kappa shape index (κ2) is 12.3. The maximum atomic E-state index is 13.8. The molecule has 0 spiro atoms. The number of imide groups is 2. The zero-order valence-corrected chi connectivity index (χ0v) is 28.5. The molecule has 0 radical (unpaired) electrons. The van der Waals surface area contributed by atoms with Gasteiger partial charge in [-0.2, -0.15) is 0 Å². The quantitative estimate of drug-likeness (QED) is 0.0839. The molecule has 5 fully saturated rings. The largest absolute Gasteiger partial charge is 0.450 e. The summed E-state index contributed by atoms with van der Waals surface area (Å²) in [6, 6.07) is 18.6. The molecule has 52 heavy (non-hydrogen) atoms. The molecule has 0 unspecified atom stereocenters. The number of nitrogens with one attached hydrogen (secondary N) is 1. The van der Waals surface area contributed by atoms with Crippen molar-refractivity contribution in [2.45, 2.75) is 57.8 Å². The van der Waals surface area contributed by atoms with Crippen molar-refractivity contribution in [2.24, 2.45) is 17.8 Å². The molecule has 2 heterocycles. The number of benzene rings is 3. The van der Waals surface area contributed by atoms with Gasteiger partial charge in [-0.05, 0) is 141 Å². The molecule has 4 amide bonds. The Morgan fingerprint density at radius 3 is 2.02 bits per heavy atom. The zero-order chi connectivity index (χ0) is 36.5. The number of nitro benzene ring substituents is 2. The van der Waals surface area contributed by atoms with Crippen LogP contribution in [0.1, 0.15) is 61.0 Å². The van der Waals surface area contributed by atoms with Crippen molar-refractivity contribution < 1.29 is 29.0 Å². The fourth-order valence-electron chi connectivity index (χ4n) is 9.45. The Kier molecular flexibility index (Phi) is 7.81. The lowest BCUT2D eigenvalue weighted by Crippen LogP contribution is -2.54. The molecule has 4 saturated carbocycles. The maximum Gasteiger partial charge on any atom is 0.335 e. The van der Waals surface area contributed by atoms with Crippen LogP contribution in [0.25, 0.3) is 11.8 Å². The SMILES string of the molecule is Cc1cc(/C=C2\C(=O)NC(=O)N(c3ccc(C45CC6CC(CC(C6)C4)C5)cc3)C2=O)c(C)n1-c1ccc(Oc2ccc([N+](=O)[O-])cc2[N+](=O)[O-])cc1. The van der Waals surface area contributed by atoms with Gasteiger partial charge in [-0.1, -0.05) is 12.1 Å². The lowest BCUT2D eigenvalue weighted by Gasteiger charge is -2.57. The molecule has 4 aliphatic carbocycles. The first-order valence-electron chi connectivity index (χ1n) is 17.3. The molecule has 264 valence electrons. The zero-order valence-electron chi connectivity index (χ0n) is 28.5. The maximum absolute atomic E-state index is 13.8. The van der Waals surface area contributed by atoms with Gasteiger partial charge in [0, 0.05) is 23.1 Å². The second-order valence-corrected chi connectivity index (χ2v) is 14.6. The van der Waals surface area contributed by atoms with Crippen molar-refractivity contribution in [3.63, 3.8) is 0 Å². The molecule has 1 saturated heterocycles. The van der Waals surface area contributed by atoms with E-state index in [1.165, 1.54) is 56.2 Å². The molecule has 9 rings (SSSR count). The smallest absolute Gasteiger partial charge is 0.335 e. The Morgan fingerprint density at radius 1 is 0.808 bits per heavy atom. The molecule has 4 bridgehead atoms. The number of nitro groups is 2. The summed E-state index contributed by atoms with van der Waals surface area (Å²) in [4.78, 5) is 62.1. The van der Waals surface area contributed by atoms with E-state index < -0.39 is 39.1 Å². The van der Waals surface area contributed by atoms with E-state index >= 15 is 0 Å². The lowest BCUT2D eigenvalue weighted by atomic mass is 9.48. The number of non-ortho nitro benzene ring substituents is 1. The number of carbonyl (C=O) groups excluding carboxylic acids is 3. The van der Waals surface area contributed by atoms with Crippen molar-refractivity contribution in [1.29, 1.82) is 0 Å². The van der Waals surface area contributed by atoms with Gasteiger partial charge in [0.25, 0.3) is 17.5 Å². The minimum atomic E-state index is -0.790. The van der Waals surface area contributed by atoms with Crippen molar-refractivity contribution in [2.75, 3.05) is 4.90 Å². The van der Waals surface area contributed by atoms with Gasteiger partial charge < -0.3 is 9.30 Å². The molecular formula is C39H35N5O8. The van der Waals surface area contributed by atoms with Crippen LogP contribution >= 0.6 is 0 Å². The Morgan fingerprint density at radius 2 is 1.42 bits per heavy atom. The number of urea groups is 1. The van der Waals surface area contributed by atoms with Gasteiger partial charge in [-0.3, -0.25) is 35.1 Å². The van der Waals surface area contributed by atoms with Crippen molar-refractivity contribution in [1.82, 2.24) is 9.88 Å². The number of hydrogen-bond acceptors (Lipinski definition) is 8. The third-order valence-electron chi connectivity index (χ3n) is 11.3. The van der Waals surface area contributed by atoms with Gasteiger partial charge in [0.05, 0.1) is 21.6 Å². The van der Waals surface area contributed by atoms with Crippen LogP contribution in [0.2, 0.25) is 0 Å². The van der Waals surface area contributed by atoms with Crippen LogP contribution in [0.5, 0.6) is 11.5 Å². The van der Waals surface area contributed by atoms with Crippen LogP contribution in [-0.2, 0) is 15.0 Å². The highest BCUT2D eigenvalue weighted by atomic mass is 16.6. The number of aromatic nitrogens is 1. The predicted octanol–water partition coefficient (Wildman–Crippen LogP) is 7.84. The van der Waals surface area contributed by atoms with E-state index in [0.29, 0.717) is 22.6 Å². The monoisotopic (exact) mass is 701 g/mol. The molecule has 1 aromatic heterocycles. The number of carbonyl (C=O) groups is 3. The van der Waals surface area contributed by atoms with Crippen molar-refractivity contribution >= 4 is 41.0 Å². The minimum absolute atomic E-state index is 0.146. The van der Waals surface area contributed by atoms with E-state index in [1.807, 2.05) is 36.6 Å². The van der Waals surface area contributed by atoms with E-state index in [1.54, 1.807) is 24.3 Å². The van der Waals surface area contributed by atoms with E-state index in [9.17, 15) is 34.6 Å². The van der Waals surface area contributed by atoms with Gasteiger partial charge in [0.15, 0.2) is 0 Å². The van der Waals surface area contributed by atoms with E-state index in [-0.39, 0.29) is 22.5 Å². The Labute approximate surface area is 298 Å². The summed E-state index contributed by atoms with van der Waals surface area (Å²) in [5, 5.41) is 24.9. The molecule has 1 aliphatic heterocycles. The molecule has 13 nitrogen and oxygen atoms in total. The molecule has 13 heteroatoms. The Hall–Kier alpha value is -6.11. The molecular weight excluding hydrogens is 666 g/mol. The average molecular weight is 702 g/mol. The number of aryl methyl sites for hydroxylation is 1. The van der Waals surface area contributed by atoms with Crippen LogP contribution in [0.15, 0.2) is 78.4 Å². The summed E-state index contributed by atoms with van der Waals surface area (Å²) in [5.74, 6) is 1.00. The summed E-state index contributed by atoms with van der Waals surface area (Å²) in [6.45, 7) is 3.70. The fraction of sp³-hybridized carbons (Fsp3) is 0.308.